The molecule has 1 aliphatic carbocycles. The number of rotatable bonds is 3. The minimum Gasteiger partial charge on any atom is -0.476 e. The van der Waals surface area contributed by atoms with Gasteiger partial charge in [-0.1, -0.05) is 0 Å². The van der Waals surface area contributed by atoms with Gasteiger partial charge in [0.2, 0.25) is 0 Å². The van der Waals surface area contributed by atoms with Crippen LogP contribution in [0.15, 0.2) is 12.4 Å². The second kappa shape index (κ2) is 4.93. The standard InChI is InChI=1S/C12H12N4O2S/c17-11(18)8-5-13-6-10(14-8)16-12-15-7-3-1-2-4-9(7)19-12/h5-6H,1-4H2,(H,17,18)(H,14,15,16). The molecule has 2 heterocycles. The first kappa shape index (κ1) is 12.0. The Balaban J connectivity index is 1.83. The van der Waals surface area contributed by atoms with Gasteiger partial charge >= 0.3 is 5.97 Å². The number of aromatic carboxylic acids is 1. The van der Waals surface area contributed by atoms with Gasteiger partial charge in [-0.25, -0.2) is 14.8 Å². The summed E-state index contributed by atoms with van der Waals surface area (Å²) in [6.07, 6.45) is 7.21. The van der Waals surface area contributed by atoms with Crippen molar-refractivity contribution in [3.05, 3.63) is 28.7 Å². The van der Waals surface area contributed by atoms with Gasteiger partial charge in [0, 0.05) is 4.88 Å². The highest BCUT2D eigenvalue weighted by atomic mass is 32.1. The van der Waals surface area contributed by atoms with Crippen LogP contribution in [0.3, 0.4) is 0 Å². The molecule has 6 nitrogen and oxygen atoms in total. The maximum Gasteiger partial charge on any atom is 0.356 e. The van der Waals surface area contributed by atoms with Gasteiger partial charge in [-0.3, -0.25) is 4.98 Å². The first-order chi connectivity index (χ1) is 9.22. The molecule has 7 heteroatoms. The van der Waals surface area contributed by atoms with E-state index in [4.69, 9.17) is 5.11 Å². The zero-order valence-corrected chi connectivity index (χ0v) is 10.9. The molecule has 0 fully saturated rings. The summed E-state index contributed by atoms with van der Waals surface area (Å²) in [5, 5.41) is 12.6. The van der Waals surface area contributed by atoms with Crippen molar-refractivity contribution in [2.45, 2.75) is 25.7 Å². The van der Waals surface area contributed by atoms with E-state index in [1.54, 1.807) is 11.3 Å². The minimum absolute atomic E-state index is 0.0775. The topological polar surface area (TPSA) is 88.0 Å². The van der Waals surface area contributed by atoms with Crippen molar-refractivity contribution in [2.24, 2.45) is 0 Å². The number of carboxylic acids is 1. The molecule has 0 saturated carbocycles. The largest absolute Gasteiger partial charge is 0.476 e. The Hall–Kier alpha value is -2.02. The van der Waals surface area contributed by atoms with E-state index in [9.17, 15) is 4.79 Å². The van der Waals surface area contributed by atoms with E-state index in [-0.39, 0.29) is 5.69 Å². The third-order valence-electron chi connectivity index (χ3n) is 2.93. The van der Waals surface area contributed by atoms with Crippen LogP contribution >= 0.6 is 11.3 Å². The number of carbonyl (C=O) groups is 1. The lowest BCUT2D eigenvalue weighted by atomic mass is 10.0. The Labute approximate surface area is 113 Å². The van der Waals surface area contributed by atoms with Crippen molar-refractivity contribution in [2.75, 3.05) is 5.32 Å². The van der Waals surface area contributed by atoms with E-state index in [1.165, 1.54) is 30.1 Å². The Bertz CT molecular complexity index is 602. The molecule has 2 aromatic heterocycles. The molecule has 0 spiro atoms. The molecule has 98 valence electrons. The first-order valence-electron chi connectivity index (χ1n) is 6.03. The number of hydrogen-bond acceptors (Lipinski definition) is 6. The lowest BCUT2D eigenvalue weighted by Gasteiger charge is -2.06. The summed E-state index contributed by atoms with van der Waals surface area (Å²) in [5.74, 6) is -0.680. The van der Waals surface area contributed by atoms with E-state index < -0.39 is 5.97 Å². The van der Waals surface area contributed by atoms with Gasteiger partial charge in [0.1, 0.15) is 0 Å². The van der Waals surface area contributed by atoms with Crippen LogP contribution in [0.25, 0.3) is 0 Å². The molecule has 3 rings (SSSR count). The van der Waals surface area contributed by atoms with Gasteiger partial charge in [0.15, 0.2) is 16.6 Å². The van der Waals surface area contributed by atoms with Crippen molar-refractivity contribution >= 4 is 28.3 Å². The average molecular weight is 276 g/mol. The third kappa shape index (κ3) is 2.55. The maximum absolute atomic E-state index is 10.8. The van der Waals surface area contributed by atoms with Gasteiger partial charge in [0.05, 0.1) is 18.1 Å². The second-order valence-corrected chi connectivity index (χ2v) is 5.40. The highest BCUT2D eigenvalue weighted by Gasteiger charge is 2.15. The fourth-order valence-corrected chi connectivity index (χ4v) is 3.10. The molecule has 1 aliphatic rings. The molecule has 0 bridgehead atoms. The summed E-state index contributed by atoms with van der Waals surface area (Å²) in [5.41, 5.74) is 1.08. The molecule has 0 radical (unpaired) electrons. The van der Waals surface area contributed by atoms with Crippen molar-refractivity contribution in [3.8, 4) is 0 Å². The normalized spacial score (nSPS) is 13.9. The smallest absolute Gasteiger partial charge is 0.356 e. The molecule has 0 aliphatic heterocycles. The van der Waals surface area contributed by atoms with Crippen LogP contribution in [0, 0.1) is 0 Å². The Morgan fingerprint density at radius 1 is 1.26 bits per heavy atom. The number of hydrogen-bond donors (Lipinski definition) is 2. The molecule has 0 atom stereocenters. The number of aryl methyl sites for hydroxylation is 2. The fraction of sp³-hybridized carbons (Fsp3) is 0.333. The van der Waals surface area contributed by atoms with E-state index >= 15 is 0 Å². The number of aromatic nitrogens is 3. The lowest BCUT2D eigenvalue weighted by Crippen LogP contribution is -2.04. The van der Waals surface area contributed by atoms with Crippen LogP contribution < -0.4 is 5.32 Å². The number of carboxylic acid groups (broad SMARTS) is 1. The van der Waals surface area contributed by atoms with Gasteiger partial charge in [-0.2, -0.15) is 0 Å². The van der Waals surface area contributed by atoms with E-state index in [2.05, 4.69) is 20.3 Å². The zero-order chi connectivity index (χ0) is 13.2. The van der Waals surface area contributed by atoms with Gasteiger partial charge in [-0.15, -0.1) is 11.3 Å². The molecular weight excluding hydrogens is 264 g/mol. The monoisotopic (exact) mass is 276 g/mol. The van der Waals surface area contributed by atoms with Gasteiger partial charge in [-0.05, 0) is 25.7 Å². The number of anilines is 2. The first-order valence-corrected chi connectivity index (χ1v) is 6.85. The number of nitrogens with zero attached hydrogens (tertiary/aromatic N) is 3. The summed E-state index contributed by atoms with van der Waals surface area (Å²) >= 11 is 1.61. The van der Waals surface area contributed by atoms with Crippen molar-refractivity contribution in [1.29, 1.82) is 0 Å². The predicted octanol–water partition coefficient (Wildman–Crippen LogP) is 2.25. The maximum atomic E-state index is 10.8. The Morgan fingerprint density at radius 2 is 2.11 bits per heavy atom. The van der Waals surface area contributed by atoms with Crippen molar-refractivity contribution in [3.63, 3.8) is 0 Å². The van der Waals surface area contributed by atoms with Crippen molar-refractivity contribution in [1.82, 2.24) is 15.0 Å². The quantitative estimate of drug-likeness (QED) is 0.894. The summed E-state index contributed by atoms with van der Waals surface area (Å²) in [6.45, 7) is 0. The molecule has 0 saturated heterocycles. The van der Waals surface area contributed by atoms with Crippen LogP contribution in [-0.4, -0.2) is 26.0 Å². The summed E-state index contributed by atoms with van der Waals surface area (Å²) in [6, 6.07) is 0. The van der Waals surface area contributed by atoms with Gasteiger partial charge in [0.25, 0.3) is 0 Å². The van der Waals surface area contributed by atoms with E-state index in [0.29, 0.717) is 5.82 Å². The molecule has 2 N–H and O–H groups in total. The van der Waals surface area contributed by atoms with Crippen LogP contribution in [0.1, 0.15) is 33.9 Å². The zero-order valence-electron chi connectivity index (χ0n) is 10.1. The predicted molar refractivity (Wildman–Crippen MR) is 71.0 cm³/mol. The number of nitrogens with one attached hydrogen (secondary N) is 1. The summed E-state index contributed by atoms with van der Waals surface area (Å²) in [7, 11) is 0. The molecule has 0 aromatic carbocycles. The lowest BCUT2D eigenvalue weighted by molar-refractivity contribution is 0.0690. The van der Waals surface area contributed by atoms with Crippen LogP contribution in [0.2, 0.25) is 0 Å². The highest BCUT2D eigenvalue weighted by molar-refractivity contribution is 7.15. The average Bonchev–Trinajstić information content (AvgIpc) is 2.81. The minimum atomic E-state index is -1.09. The Morgan fingerprint density at radius 3 is 2.89 bits per heavy atom. The third-order valence-corrected chi connectivity index (χ3v) is 4.01. The van der Waals surface area contributed by atoms with Gasteiger partial charge < -0.3 is 10.4 Å². The van der Waals surface area contributed by atoms with Crippen LogP contribution in [0.5, 0.6) is 0 Å². The fourth-order valence-electron chi connectivity index (χ4n) is 2.04. The van der Waals surface area contributed by atoms with Crippen LogP contribution in [-0.2, 0) is 12.8 Å². The molecule has 2 aromatic rings. The molecule has 19 heavy (non-hydrogen) atoms. The van der Waals surface area contributed by atoms with E-state index in [0.717, 1.165) is 23.7 Å². The van der Waals surface area contributed by atoms with E-state index in [1.807, 2.05) is 0 Å². The highest BCUT2D eigenvalue weighted by Crippen LogP contribution is 2.30. The molecular formula is C12H12N4O2S. The summed E-state index contributed by atoms with van der Waals surface area (Å²) < 4.78 is 0. The van der Waals surface area contributed by atoms with Crippen LogP contribution in [0.4, 0.5) is 10.9 Å². The summed E-state index contributed by atoms with van der Waals surface area (Å²) in [4.78, 5) is 24.5. The van der Waals surface area contributed by atoms with Crippen molar-refractivity contribution < 1.29 is 9.90 Å². The molecule has 0 amide bonds. The Kier molecular flexibility index (Phi) is 3.12. The second-order valence-electron chi connectivity index (χ2n) is 4.32. The number of fused-ring (bicyclic) bond motifs is 1. The number of thiazole rings is 1. The SMILES string of the molecule is O=C(O)c1cncc(Nc2nc3c(s2)CCCC3)n1. The molecule has 0 unspecified atom stereocenters.